The summed E-state index contributed by atoms with van der Waals surface area (Å²) >= 11 is 0. The molecule has 0 spiro atoms. The van der Waals surface area contributed by atoms with Crippen molar-refractivity contribution in [3.8, 4) is 0 Å². The van der Waals surface area contributed by atoms with E-state index in [-0.39, 0.29) is 23.4 Å². The Bertz CT molecular complexity index is 390. The summed E-state index contributed by atoms with van der Waals surface area (Å²) < 4.78 is 5.47. The molecule has 106 valence electrons. The average Bonchev–Trinajstić information content (AvgIpc) is 2.81. The molecule has 2 unspecified atom stereocenters. The first-order valence-corrected chi connectivity index (χ1v) is 7.30. The molecule has 0 bridgehead atoms. The van der Waals surface area contributed by atoms with Crippen LogP contribution in [0, 0.1) is 0 Å². The lowest BCUT2D eigenvalue weighted by Crippen LogP contribution is -2.56. The van der Waals surface area contributed by atoms with Crippen molar-refractivity contribution in [1.82, 2.24) is 9.80 Å². The maximum absolute atomic E-state index is 12.8. The van der Waals surface area contributed by atoms with Gasteiger partial charge in [0.1, 0.15) is 6.04 Å². The van der Waals surface area contributed by atoms with Crippen molar-refractivity contribution >= 4 is 11.8 Å². The molecule has 3 fully saturated rings. The highest BCUT2D eigenvalue weighted by Gasteiger charge is 2.45. The molecular formula is C14H22N2O3. The molecule has 3 rings (SSSR count). The minimum Gasteiger partial charge on any atom is -0.379 e. The molecule has 0 N–H and O–H groups in total. The topological polar surface area (TPSA) is 49.9 Å². The van der Waals surface area contributed by atoms with Crippen molar-refractivity contribution < 1.29 is 14.3 Å². The average molecular weight is 266 g/mol. The highest BCUT2D eigenvalue weighted by Crippen LogP contribution is 2.31. The van der Waals surface area contributed by atoms with Gasteiger partial charge in [-0.15, -0.1) is 0 Å². The zero-order valence-corrected chi connectivity index (χ0v) is 11.6. The van der Waals surface area contributed by atoms with Crippen LogP contribution in [0.3, 0.4) is 0 Å². The minimum atomic E-state index is -0.221. The van der Waals surface area contributed by atoms with Gasteiger partial charge in [0.15, 0.2) is 0 Å². The molecule has 0 aromatic carbocycles. The van der Waals surface area contributed by atoms with Crippen LogP contribution in [-0.2, 0) is 14.3 Å². The Balaban J connectivity index is 1.86. The van der Waals surface area contributed by atoms with Gasteiger partial charge in [0.05, 0.1) is 12.1 Å². The molecule has 0 aromatic heterocycles. The van der Waals surface area contributed by atoms with Gasteiger partial charge < -0.3 is 14.5 Å². The monoisotopic (exact) mass is 266 g/mol. The fourth-order valence-electron chi connectivity index (χ4n) is 3.53. The Kier molecular flexibility index (Phi) is 3.25. The largest absolute Gasteiger partial charge is 0.379 e. The van der Waals surface area contributed by atoms with E-state index in [1.165, 1.54) is 0 Å². The number of nitrogens with zero attached hydrogens (tertiary/aromatic N) is 2. The van der Waals surface area contributed by atoms with Crippen LogP contribution in [0.1, 0.15) is 39.0 Å². The van der Waals surface area contributed by atoms with Gasteiger partial charge in [0.2, 0.25) is 11.8 Å². The number of amides is 2. The Morgan fingerprint density at radius 2 is 2.11 bits per heavy atom. The number of ether oxygens (including phenoxy) is 1. The van der Waals surface area contributed by atoms with Crippen LogP contribution in [-0.4, -0.2) is 59.5 Å². The zero-order valence-electron chi connectivity index (χ0n) is 11.6. The molecule has 0 saturated carbocycles. The van der Waals surface area contributed by atoms with E-state index in [0.29, 0.717) is 26.2 Å². The van der Waals surface area contributed by atoms with Gasteiger partial charge in [-0.2, -0.15) is 0 Å². The smallest absolute Gasteiger partial charge is 0.245 e. The number of carbonyl (C=O) groups excluding carboxylic acids is 2. The molecule has 5 heteroatoms. The number of carbonyl (C=O) groups is 2. The minimum absolute atomic E-state index is 0.138. The molecule has 3 heterocycles. The number of piperidine rings is 1. The molecular weight excluding hydrogens is 244 g/mol. The van der Waals surface area contributed by atoms with Gasteiger partial charge in [-0.3, -0.25) is 9.59 Å². The summed E-state index contributed by atoms with van der Waals surface area (Å²) in [6, 6.07) is -0.221. The molecule has 5 nitrogen and oxygen atoms in total. The first-order chi connectivity index (χ1) is 9.12. The summed E-state index contributed by atoms with van der Waals surface area (Å²) in [5.74, 6) is 0.279. The van der Waals surface area contributed by atoms with E-state index in [9.17, 15) is 9.59 Å². The van der Waals surface area contributed by atoms with Crippen molar-refractivity contribution in [2.75, 3.05) is 26.3 Å². The van der Waals surface area contributed by atoms with Crippen LogP contribution in [0.4, 0.5) is 0 Å². The van der Waals surface area contributed by atoms with E-state index >= 15 is 0 Å². The van der Waals surface area contributed by atoms with Gasteiger partial charge in [0.25, 0.3) is 0 Å². The third kappa shape index (κ3) is 2.14. The Morgan fingerprint density at radius 1 is 1.26 bits per heavy atom. The maximum atomic E-state index is 12.8. The van der Waals surface area contributed by atoms with Gasteiger partial charge in [-0.25, -0.2) is 0 Å². The van der Waals surface area contributed by atoms with Crippen molar-refractivity contribution in [1.29, 1.82) is 0 Å². The molecule has 19 heavy (non-hydrogen) atoms. The molecule has 0 aromatic rings. The van der Waals surface area contributed by atoms with Gasteiger partial charge in [0, 0.05) is 26.1 Å². The first kappa shape index (κ1) is 12.9. The van der Waals surface area contributed by atoms with E-state index in [1.54, 1.807) is 0 Å². The second-order valence-electron chi connectivity index (χ2n) is 6.14. The SMILES string of the molecule is CC1(N2CCC(=O)N3CCCCC3C2=O)CCOC1. The molecule has 2 atom stereocenters. The lowest BCUT2D eigenvalue weighted by Gasteiger charge is -2.40. The van der Waals surface area contributed by atoms with Crippen molar-refractivity contribution in [3.63, 3.8) is 0 Å². The summed E-state index contributed by atoms with van der Waals surface area (Å²) in [6.45, 7) is 4.68. The molecule has 2 amide bonds. The van der Waals surface area contributed by atoms with E-state index in [2.05, 4.69) is 6.92 Å². The fourth-order valence-corrected chi connectivity index (χ4v) is 3.53. The zero-order chi connectivity index (χ0) is 13.5. The molecule has 3 aliphatic heterocycles. The van der Waals surface area contributed by atoms with Crippen molar-refractivity contribution in [2.24, 2.45) is 0 Å². The van der Waals surface area contributed by atoms with E-state index in [4.69, 9.17) is 4.74 Å². The Labute approximate surface area is 113 Å². The van der Waals surface area contributed by atoms with Crippen LogP contribution >= 0.6 is 0 Å². The molecule has 3 saturated heterocycles. The van der Waals surface area contributed by atoms with E-state index in [0.717, 1.165) is 32.2 Å². The number of fused-ring (bicyclic) bond motifs is 1. The van der Waals surface area contributed by atoms with Crippen LogP contribution in [0.2, 0.25) is 0 Å². The summed E-state index contributed by atoms with van der Waals surface area (Å²) in [4.78, 5) is 28.7. The predicted molar refractivity (Wildman–Crippen MR) is 69.5 cm³/mol. The van der Waals surface area contributed by atoms with Crippen molar-refractivity contribution in [3.05, 3.63) is 0 Å². The highest BCUT2D eigenvalue weighted by atomic mass is 16.5. The van der Waals surface area contributed by atoms with Crippen LogP contribution in [0.5, 0.6) is 0 Å². The third-order valence-electron chi connectivity index (χ3n) is 4.77. The molecule has 0 radical (unpaired) electrons. The third-order valence-corrected chi connectivity index (χ3v) is 4.77. The van der Waals surface area contributed by atoms with E-state index in [1.807, 2.05) is 9.80 Å². The lowest BCUT2D eigenvalue weighted by atomic mass is 9.95. The first-order valence-electron chi connectivity index (χ1n) is 7.30. The fraction of sp³-hybridized carbons (Fsp3) is 0.857. The Hall–Kier alpha value is -1.10. The van der Waals surface area contributed by atoms with Crippen LogP contribution in [0.15, 0.2) is 0 Å². The van der Waals surface area contributed by atoms with E-state index < -0.39 is 0 Å². The van der Waals surface area contributed by atoms with Gasteiger partial charge in [-0.05, 0) is 32.6 Å². The number of hydrogen-bond donors (Lipinski definition) is 0. The van der Waals surface area contributed by atoms with Crippen molar-refractivity contribution in [2.45, 2.75) is 50.6 Å². The van der Waals surface area contributed by atoms with Gasteiger partial charge >= 0.3 is 0 Å². The summed E-state index contributed by atoms with van der Waals surface area (Å²) in [7, 11) is 0. The predicted octanol–water partition coefficient (Wildman–Crippen LogP) is 0.779. The summed E-state index contributed by atoms with van der Waals surface area (Å²) in [5.41, 5.74) is -0.217. The van der Waals surface area contributed by atoms with Gasteiger partial charge in [-0.1, -0.05) is 0 Å². The quantitative estimate of drug-likeness (QED) is 0.704. The molecule has 0 aliphatic carbocycles. The number of hydrogen-bond acceptors (Lipinski definition) is 3. The van der Waals surface area contributed by atoms with Crippen LogP contribution in [0.25, 0.3) is 0 Å². The second kappa shape index (κ2) is 4.78. The molecule has 3 aliphatic rings. The van der Waals surface area contributed by atoms with Crippen LogP contribution < -0.4 is 0 Å². The normalized spacial score (nSPS) is 36.4. The Morgan fingerprint density at radius 3 is 2.84 bits per heavy atom. The highest BCUT2D eigenvalue weighted by molar-refractivity contribution is 5.90. The maximum Gasteiger partial charge on any atom is 0.245 e. The standard InChI is InChI=1S/C14H22N2O3/c1-14(6-9-19-10-14)16-8-5-12(17)15-7-3-2-4-11(15)13(16)18/h11H,2-10H2,1H3. The summed E-state index contributed by atoms with van der Waals surface area (Å²) in [5, 5.41) is 0. The number of rotatable bonds is 1. The summed E-state index contributed by atoms with van der Waals surface area (Å²) in [6.07, 6.45) is 4.21. The second-order valence-corrected chi connectivity index (χ2v) is 6.14. The lowest BCUT2D eigenvalue weighted by molar-refractivity contribution is -0.146.